The fourth-order valence-electron chi connectivity index (χ4n) is 4.81. The monoisotopic (exact) mass is 407 g/mol. The predicted molar refractivity (Wildman–Crippen MR) is 117 cm³/mol. The number of rotatable bonds is 3. The van der Waals surface area contributed by atoms with Crippen molar-refractivity contribution in [3.63, 3.8) is 0 Å². The Bertz CT molecular complexity index is 1050. The topological polar surface area (TPSA) is 75.3 Å². The van der Waals surface area contributed by atoms with Crippen LogP contribution in [0, 0.1) is 13.8 Å². The quantitative estimate of drug-likeness (QED) is 0.691. The first-order valence-electron chi connectivity index (χ1n) is 10.7. The number of aromatic amines is 1. The molecule has 1 fully saturated rings. The summed E-state index contributed by atoms with van der Waals surface area (Å²) >= 11 is 0. The number of hydrogen-bond acceptors (Lipinski definition) is 6. The highest BCUT2D eigenvalue weighted by molar-refractivity contribution is 5.87. The third kappa shape index (κ3) is 3.52. The summed E-state index contributed by atoms with van der Waals surface area (Å²) in [6.07, 6.45) is 2.02. The Hall–Kier alpha value is -2.64. The molecular formula is C23H29N5O2. The molecule has 0 radical (unpaired) electrons. The summed E-state index contributed by atoms with van der Waals surface area (Å²) in [6, 6.07) is 8.80. The highest BCUT2D eigenvalue weighted by atomic mass is 16.5. The minimum absolute atomic E-state index is 0.0557. The molecule has 0 saturated carbocycles. The Morgan fingerprint density at radius 1 is 1.10 bits per heavy atom. The average molecular weight is 408 g/mol. The van der Waals surface area contributed by atoms with Crippen molar-refractivity contribution < 1.29 is 9.47 Å². The maximum Gasteiger partial charge on any atom is 0.143 e. The zero-order valence-corrected chi connectivity index (χ0v) is 18.0. The highest BCUT2D eigenvalue weighted by Gasteiger charge is 2.38. The first kappa shape index (κ1) is 19.3. The van der Waals surface area contributed by atoms with Gasteiger partial charge < -0.3 is 19.8 Å². The Morgan fingerprint density at radius 2 is 1.90 bits per heavy atom. The average Bonchev–Trinajstić information content (AvgIpc) is 3.08. The van der Waals surface area contributed by atoms with E-state index in [4.69, 9.17) is 9.47 Å². The molecule has 7 heteroatoms. The van der Waals surface area contributed by atoms with Gasteiger partial charge in [-0.1, -0.05) is 12.1 Å². The van der Waals surface area contributed by atoms with E-state index < -0.39 is 0 Å². The molecule has 2 N–H and O–H groups in total. The molecule has 7 nitrogen and oxygen atoms in total. The number of ether oxygens (including phenoxy) is 2. The molecular weight excluding hydrogens is 378 g/mol. The van der Waals surface area contributed by atoms with Crippen molar-refractivity contribution >= 4 is 16.9 Å². The molecule has 5 rings (SSSR count). The van der Waals surface area contributed by atoms with Crippen LogP contribution in [0.5, 0.6) is 5.75 Å². The van der Waals surface area contributed by atoms with Gasteiger partial charge in [0.25, 0.3) is 0 Å². The lowest BCUT2D eigenvalue weighted by Gasteiger charge is -2.45. The predicted octanol–water partition coefficient (Wildman–Crippen LogP) is 3.60. The van der Waals surface area contributed by atoms with Crippen molar-refractivity contribution in [2.45, 2.75) is 52.0 Å². The van der Waals surface area contributed by atoms with E-state index in [1.165, 1.54) is 11.1 Å². The molecule has 4 atom stereocenters. The van der Waals surface area contributed by atoms with E-state index in [-0.39, 0.29) is 24.3 Å². The Labute approximate surface area is 176 Å². The van der Waals surface area contributed by atoms with Crippen LogP contribution in [0.3, 0.4) is 0 Å². The van der Waals surface area contributed by atoms with Gasteiger partial charge in [0.1, 0.15) is 30.1 Å². The molecule has 1 saturated heterocycles. The van der Waals surface area contributed by atoms with Gasteiger partial charge in [-0.05, 0) is 45.4 Å². The van der Waals surface area contributed by atoms with Gasteiger partial charge in [-0.3, -0.25) is 4.90 Å². The number of benzene rings is 1. The van der Waals surface area contributed by atoms with Crippen LogP contribution in [0.4, 0.5) is 5.82 Å². The molecule has 0 unspecified atom stereocenters. The van der Waals surface area contributed by atoms with Gasteiger partial charge in [-0.2, -0.15) is 0 Å². The van der Waals surface area contributed by atoms with Crippen molar-refractivity contribution in [3.05, 3.63) is 47.4 Å². The molecule has 0 aliphatic carbocycles. The highest BCUT2D eigenvalue weighted by Crippen LogP contribution is 2.38. The first-order chi connectivity index (χ1) is 14.5. The lowest BCUT2D eigenvalue weighted by molar-refractivity contribution is -0.0886. The van der Waals surface area contributed by atoms with Gasteiger partial charge in [0, 0.05) is 24.3 Å². The maximum atomic E-state index is 6.24. The van der Waals surface area contributed by atoms with E-state index in [1.807, 2.05) is 6.92 Å². The van der Waals surface area contributed by atoms with Crippen LogP contribution in [0.2, 0.25) is 0 Å². The number of aryl methyl sites for hydroxylation is 2. The first-order valence-corrected chi connectivity index (χ1v) is 10.7. The summed E-state index contributed by atoms with van der Waals surface area (Å²) in [7, 11) is 0. The number of nitrogens with one attached hydrogen (secondary N) is 2. The van der Waals surface area contributed by atoms with Gasteiger partial charge in [-0.15, -0.1) is 0 Å². The molecule has 2 aliphatic rings. The summed E-state index contributed by atoms with van der Waals surface area (Å²) in [5.74, 6) is 1.80. The van der Waals surface area contributed by atoms with Crippen LogP contribution in [0.25, 0.3) is 11.0 Å². The number of fused-ring (bicyclic) bond motifs is 2. The van der Waals surface area contributed by atoms with E-state index in [2.05, 4.69) is 70.2 Å². The SMILES string of the molecule is Cc1ccc2c(c1)OC[C@H](N1C[C@@H](C)O[C@@H](C)C1)[C@H]2Nc1ncnc2[nH]c(C)cc12. The lowest BCUT2D eigenvalue weighted by atomic mass is 9.93. The minimum atomic E-state index is 0.0557. The number of anilines is 1. The van der Waals surface area contributed by atoms with E-state index in [0.29, 0.717) is 6.61 Å². The minimum Gasteiger partial charge on any atom is -0.491 e. The van der Waals surface area contributed by atoms with Crippen LogP contribution in [0.1, 0.15) is 36.7 Å². The molecule has 1 aromatic carbocycles. The van der Waals surface area contributed by atoms with Gasteiger partial charge in [0.2, 0.25) is 0 Å². The zero-order valence-electron chi connectivity index (χ0n) is 18.0. The number of hydrogen-bond donors (Lipinski definition) is 2. The third-order valence-electron chi connectivity index (χ3n) is 6.07. The summed E-state index contributed by atoms with van der Waals surface area (Å²) < 4.78 is 12.2. The second-order valence-corrected chi connectivity index (χ2v) is 8.69. The molecule has 3 aromatic rings. The summed E-state index contributed by atoms with van der Waals surface area (Å²) in [6.45, 7) is 10.8. The summed E-state index contributed by atoms with van der Waals surface area (Å²) in [4.78, 5) is 14.8. The smallest absolute Gasteiger partial charge is 0.143 e. The standard InChI is InChI=1S/C23H29N5O2/c1-13-5-6-17-20(7-13)29-11-19(28-9-15(3)30-16(4)10-28)21(17)27-23-18-8-14(2)26-22(18)24-12-25-23/h5-8,12,15-16,19,21H,9-11H2,1-4H3,(H2,24,25,26,27)/t15-,16+,19-,21-/m0/s1. The van der Waals surface area contributed by atoms with E-state index in [9.17, 15) is 0 Å². The number of nitrogens with zero attached hydrogens (tertiary/aromatic N) is 3. The fourth-order valence-corrected chi connectivity index (χ4v) is 4.81. The second kappa shape index (κ2) is 7.56. The number of aromatic nitrogens is 3. The fraction of sp³-hybridized carbons (Fsp3) is 0.478. The van der Waals surface area contributed by atoms with Crippen molar-refractivity contribution in [2.24, 2.45) is 0 Å². The Balaban J connectivity index is 1.55. The largest absolute Gasteiger partial charge is 0.491 e. The van der Waals surface area contributed by atoms with Crippen LogP contribution in [0.15, 0.2) is 30.6 Å². The number of morpholine rings is 1. The Morgan fingerprint density at radius 3 is 2.70 bits per heavy atom. The van der Waals surface area contributed by atoms with E-state index in [0.717, 1.165) is 41.4 Å². The van der Waals surface area contributed by atoms with Crippen molar-refractivity contribution in [2.75, 3.05) is 25.0 Å². The van der Waals surface area contributed by atoms with Crippen LogP contribution >= 0.6 is 0 Å². The molecule has 0 bridgehead atoms. The van der Waals surface area contributed by atoms with Crippen LogP contribution in [-0.4, -0.2) is 57.8 Å². The van der Waals surface area contributed by atoms with Gasteiger partial charge >= 0.3 is 0 Å². The molecule has 0 spiro atoms. The molecule has 2 aliphatic heterocycles. The lowest BCUT2D eigenvalue weighted by Crippen LogP contribution is -2.56. The van der Waals surface area contributed by atoms with Crippen molar-refractivity contribution in [3.8, 4) is 5.75 Å². The Kier molecular flexibility index (Phi) is 4.87. The number of H-pyrrole nitrogens is 1. The molecule has 30 heavy (non-hydrogen) atoms. The third-order valence-corrected chi connectivity index (χ3v) is 6.07. The second-order valence-electron chi connectivity index (χ2n) is 8.69. The normalized spacial score (nSPS) is 26.9. The molecule has 4 heterocycles. The molecule has 0 amide bonds. The van der Waals surface area contributed by atoms with Crippen molar-refractivity contribution in [1.82, 2.24) is 19.9 Å². The zero-order chi connectivity index (χ0) is 20.8. The summed E-state index contributed by atoms with van der Waals surface area (Å²) in [5, 5.41) is 4.77. The van der Waals surface area contributed by atoms with Crippen LogP contribution < -0.4 is 10.1 Å². The summed E-state index contributed by atoms with van der Waals surface area (Å²) in [5.41, 5.74) is 4.29. The van der Waals surface area contributed by atoms with E-state index >= 15 is 0 Å². The molecule has 158 valence electrons. The van der Waals surface area contributed by atoms with Gasteiger partial charge in [-0.25, -0.2) is 9.97 Å². The van der Waals surface area contributed by atoms with E-state index in [1.54, 1.807) is 6.33 Å². The molecule has 2 aromatic heterocycles. The maximum absolute atomic E-state index is 6.24. The van der Waals surface area contributed by atoms with Gasteiger partial charge in [0.05, 0.1) is 29.7 Å². The van der Waals surface area contributed by atoms with Crippen LogP contribution in [-0.2, 0) is 4.74 Å². The van der Waals surface area contributed by atoms with Crippen molar-refractivity contribution in [1.29, 1.82) is 0 Å². The van der Waals surface area contributed by atoms with Gasteiger partial charge in [0.15, 0.2) is 0 Å².